The molecule has 0 saturated carbocycles. The van der Waals surface area contributed by atoms with Crippen molar-refractivity contribution in [3.63, 3.8) is 0 Å². The van der Waals surface area contributed by atoms with Gasteiger partial charge in [-0.1, -0.05) is 334 Å². The number of hydrogen-bond acceptors (Lipinski definition) is 6. The van der Waals surface area contributed by atoms with Gasteiger partial charge in [0.05, 0.1) is 22.1 Å². The van der Waals surface area contributed by atoms with Gasteiger partial charge in [-0.3, -0.25) is 0 Å². The highest BCUT2D eigenvalue weighted by Crippen LogP contribution is 2.42. The number of hydrogen-bond donors (Lipinski definition) is 0. The minimum Gasteiger partial charge on any atom is -0.309 e. The number of fused-ring (bicyclic) bond motifs is 8. The summed E-state index contributed by atoms with van der Waals surface area (Å²) in [6.45, 7) is 0. The Balaban J connectivity index is 0.000000147. The summed E-state index contributed by atoms with van der Waals surface area (Å²) in [5.41, 5.74) is 22.2. The van der Waals surface area contributed by atoms with E-state index in [0.717, 1.165) is 77.8 Å². The summed E-state index contributed by atoms with van der Waals surface area (Å²) in [4.78, 5) is 29.8. The zero-order chi connectivity index (χ0) is 70.3. The highest BCUT2D eigenvalue weighted by atomic mass is 15.0. The molecule has 0 atom stereocenters. The lowest BCUT2D eigenvalue weighted by Crippen LogP contribution is -2.00. The minimum absolute atomic E-state index is 0.638. The monoisotopic (exact) mass is 1350 g/mol. The van der Waals surface area contributed by atoms with Gasteiger partial charge >= 0.3 is 0 Å². The number of aromatic nitrogens is 8. The molecule has 0 fully saturated rings. The van der Waals surface area contributed by atoms with Crippen LogP contribution in [-0.2, 0) is 0 Å². The van der Waals surface area contributed by atoms with E-state index in [1.165, 1.54) is 76.6 Å². The van der Waals surface area contributed by atoms with E-state index in [1.54, 1.807) is 0 Å². The van der Waals surface area contributed by atoms with Crippen LogP contribution in [-0.4, -0.2) is 39.0 Å². The Morgan fingerprint density at radius 3 is 0.943 bits per heavy atom. The zero-order valence-corrected chi connectivity index (χ0v) is 57.5. The molecule has 0 aliphatic rings. The van der Waals surface area contributed by atoms with Gasteiger partial charge in [0, 0.05) is 71.9 Å². The summed E-state index contributed by atoms with van der Waals surface area (Å²) >= 11 is 0. The van der Waals surface area contributed by atoms with Crippen molar-refractivity contribution in [3.8, 4) is 124 Å². The van der Waals surface area contributed by atoms with Crippen molar-refractivity contribution >= 4 is 65.2 Å². The molecule has 0 aliphatic heterocycles. The minimum atomic E-state index is 0.638. The first-order chi connectivity index (χ1) is 52.5. The molecule has 20 aromatic rings. The Kier molecular flexibility index (Phi) is 16.1. The molecule has 0 N–H and O–H groups in total. The van der Waals surface area contributed by atoms with Gasteiger partial charge in [-0.05, 0) is 115 Å². The van der Waals surface area contributed by atoms with Crippen molar-refractivity contribution in [3.05, 3.63) is 388 Å². The predicted molar refractivity (Wildman–Crippen MR) is 438 cm³/mol. The van der Waals surface area contributed by atoms with Gasteiger partial charge in [0.1, 0.15) is 0 Å². The van der Waals surface area contributed by atoms with Crippen LogP contribution in [0.4, 0.5) is 0 Å². The van der Waals surface area contributed by atoms with Crippen LogP contribution in [0.5, 0.6) is 0 Å². The van der Waals surface area contributed by atoms with Crippen LogP contribution in [0, 0.1) is 0 Å². The average Bonchev–Trinajstić information content (AvgIpc) is 1.59. The standard InChI is InChI=1S/C53H34N4.C45H30N4/c1-2-13-39(14-3-1)46-18-10-20-49-50(46)47-17-8-9-19-48(47)57(49)45-31-29-38(30-32-45)37-21-25-40(26-22-37)51-54-52(43-27-23-35-11-4-6-15-41(35)33-43)56-53(55-51)44-28-24-36-12-5-7-16-42(36)34-44;1-4-13-33(14-5-1)38-20-12-21-40-39-19-10-11-22-41(39)49(42(38)40)37-29-27-32(28-30-37)31-23-25-36(26-24-31)45-47-43(34-15-6-2-7-16-34)46-44(48-45)35-17-8-3-9-18-35/h1-34H;1-30H. The Labute approximate surface area is 612 Å². The van der Waals surface area contributed by atoms with Crippen molar-refractivity contribution in [1.82, 2.24) is 39.0 Å². The fourth-order valence-corrected chi connectivity index (χ4v) is 14.9. The lowest BCUT2D eigenvalue weighted by Gasteiger charge is -2.13. The number of benzene rings is 16. The maximum Gasteiger partial charge on any atom is 0.164 e. The zero-order valence-electron chi connectivity index (χ0n) is 57.5. The summed E-state index contributed by atoms with van der Waals surface area (Å²) < 4.78 is 4.78. The van der Waals surface area contributed by atoms with E-state index in [0.29, 0.717) is 34.9 Å². The third-order valence-electron chi connectivity index (χ3n) is 20.1. The largest absolute Gasteiger partial charge is 0.309 e. The second kappa shape index (κ2) is 27.2. The third-order valence-corrected chi connectivity index (χ3v) is 20.1. The first-order valence-electron chi connectivity index (χ1n) is 35.7. The van der Waals surface area contributed by atoms with Crippen LogP contribution in [0.1, 0.15) is 0 Å². The van der Waals surface area contributed by atoms with E-state index in [9.17, 15) is 0 Å². The van der Waals surface area contributed by atoms with E-state index in [4.69, 9.17) is 29.9 Å². The summed E-state index contributed by atoms with van der Waals surface area (Å²) in [5.74, 6) is 3.90. The molecule has 0 amide bonds. The first-order valence-corrected chi connectivity index (χ1v) is 35.7. The van der Waals surface area contributed by atoms with E-state index in [1.807, 2.05) is 60.7 Å². The van der Waals surface area contributed by atoms with Gasteiger partial charge < -0.3 is 9.13 Å². The molecule has 8 heteroatoms. The van der Waals surface area contributed by atoms with Crippen molar-refractivity contribution < 1.29 is 0 Å². The van der Waals surface area contributed by atoms with Crippen molar-refractivity contribution in [1.29, 1.82) is 0 Å². The topological polar surface area (TPSA) is 87.2 Å². The van der Waals surface area contributed by atoms with Gasteiger partial charge in [0.25, 0.3) is 0 Å². The van der Waals surface area contributed by atoms with Crippen LogP contribution in [0.3, 0.4) is 0 Å². The second-order valence-corrected chi connectivity index (χ2v) is 26.6. The van der Waals surface area contributed by atoms with Gasteiger partial charge in [-0.25, -0.2) is 29.9 Å². The highest BCUT2D eigenvalue weighted by molar-refractivity contribution is 6.16. The summed E-state index contributed by atoms with van der Waals surface area (Å²) in [6.07, 6.45) is 0. The fourth-order valence-electron chi connectivity index (χ4n) is 14.9. The smallest absolute Gasteiger partial charge is 0.164 e. The van der Waals surface area contributed by atoms with Crippen LogP contribution in [0.15, 0.2) is 388 Å². The van der Waals surface area contributed by atoms with Crippen LogP contribution in [0.2, 0.25) is 0 Å². The third kappa shape index (κ3) is 11.9. The number of rotatable bonds is 12. The van der Waals surface area contributed by atoms with Crippen molar-refractivity contribution in [2.75, 3.05) is 0 Å². The Hall–Kier alpha value is -14.3. The molecule has 4 aromatic heterocycles. The molecule has 0 spiro atoms. The summed E-state index contributed by atoms with van der Waals surface area (Å²) in [5, 5.41) is 9.67. The summed E-state index contributed by atoms with van der Waals surface area (Å²) in [6, 6.07) is 136. The molecular weight excluding hydrogens is 1290 g/mol. The second-order valence-electron chi connectivity index (χ2n) is 26.6. The Morgan fingerprint density at radius 2 is 0.472 bits per heavy atom. The van der Waals surface area contributed by atoms with Gasteiger partial charge in [0.2, 0.25) is 0 Å². The molecule has 20 rings (SSSR count). The molecule has 106 heavy (non-hydrogen) atoms. The lowest BCUT2D eigenvalue weighted by atomic mass is 9.99. The normalized spacial score (nSPS) is 11.4. The number of para-hydroxylation sites is 3. The SMILES string of the molecule is c1ccc(-c2cccc3c2c2ccccc2n3-c2ccc(-c3ccc(-c4nc(-c5ccc6ccccc6c5)nc(-c5ccc6ccccc6c5)n4)cc3)cc2)cc1.c1ccc(-c2nc(-c3ccccc3)nc(-c3ccc(-c4ccc(-n5c6ccccc6c6cccc(-c7ccccc7)c65)cc4)cc3)n2)cc1. The van der Waals surface area contributed by atoms with Crippen LogP contribution < -0.4 is 0 Å². The van der Waals surface area contributed by atoms with Gasteiger partial charge in [0.15, 0.2) is 34.9 Å². The molecule has 496 valence electrons. The van der Waals surface area contributed by atoms with Crippen molar-refractivity contribution in [2.45, 2.75) is 0 Å². The molecule has 0 saturated heterocycles. The molecule has 8 nitrogen and oxygen atoms in total. The predicted octanol–water partition coefficient (Wildman–Crippen LogP) is 24.9. The van der Waals surface area contributed by atoms with E-state index in [2.05, 4.69) is 337 Å². The van der Waals surface area contributed by atoms with E-state index < -0.39 is 0 Å². The van der Waals surface area contributed by atoms with E-state index in [-0.39, 0.29) is 0 Å². The summed E-state index contributed by atoms with van der Waals surface area (Å²) in [7, 11) is 0. The highest BCUT2D eigenvalue weighted by Gasteiger charge is 2.21. The lowest BCUT2D eigenvalue weighted by molar-refractivity contribution is 1.07. The average molecular weight is 1350 g/mol. The van der Waals surface area contributed by atoms with Gasteiger partial charge in [-0.2, -0.15) is 0 Å². The molecular formula is C98H64N8. The fraction of sp³-hybridized carbons (Fsp3) is 0. The molecule has 4 heterocycles. The maximum atomic E-state index is 5.06. The van der Waals surface area contributed by atoms with Gasteiger partial charge in [-0.15, -0.1) is 0 Å². The van der Waals surface area contributed by atoms with Crippen LogP contribution in [0.25, 0.3) is 189 Å². The molecule has 0 bridgehead atoms. The van der Waals surface area contributed by atoms with Crippen LogP contribution >= 0.6 is 0 Å². The Bertz CT molecular complexity index is 6480. The Morgan fingerprint density at radius 1 is 0.170 bits per heavy atom. The molecule has 16 aromatic carbocycles. The van der Waals surface area contributed by atoms with E-state index >= 15 is 0 Å². The molecule has 0 aliphatic carbocycles. The van der Waals surface area contributed by atoms with Crippen molar-refractivity contribution in [2.24, 2.45) is 0 Å². The number of nitrogens with zero attached hydrogens (tertiary/aromatic N) is 8. The first kappa shape index (κ1) is 62.6. The molecule has 0 unspecified atom stereocenters. The quantitative estimate of drug-likeness (QED) is 0.121. The molecule has 0 radical (unpaired) electrons. The maximum absolute atomic E-state index is 5.06.